The predicted octanol–water partition coefficient (Wildman–Crippen LogP) is 4.18. The molecular weight excluding hydrogens is 378 g/mol. The largest absolute Gasteiger partial charge is 0.352 e. The van der Waals surface area contributed by atoms with E-state index in [2.05, 4.69) is 57.7 Å². The van der Waals surface area contributed by atoms with Crippen LogP contribution in [0.4, 0.5) is 0 Å². The number of likely N-dealkylation sites (tertiary alicyclic amines) is 1. The Hall–Kier alpha value is -2.50. The highest BCUT2D eigenvalue weighted by atomic mass is 32.1. The monoisotopic (exact) mass is 405 g/mol. The molecule has 1 aliphatic rings. The topological polar surface area (TPSA) is 45.2 Å². The molecule has 5 heteroatoms. The van der Waals surface area contributed by atoms with E-state index in [0.29, 0.717) is 6.42 Å². The lowest BCUT2D eigenvalue weighted by Gasteiger charge is -2.33. The molecule has 0 spiro atoms. The van der Waals surface area contributed by atoms with Gasteiger partial charge in [0, 0.05) is 30.1 Å². The summed E-state index contributed by atoms with van der Waals surface area (Å²) in [7, 11) is 0. The summed E-state index contributed by atoms with van der Waals surface area (Å²) in [4.78, 5) is 19.7. The molecule has 2 heterocycles. The molecule has 0 unspecified atom stereocenters. The summed E-state index contributed by atoms with van der Waals surface area (Å²) < 4.78 is 0. The molecule has 1 atom stereocenters. The minimum Gasteiger partial charge on any atom is -0.352 e. The van der Waals surface area contributed by atoms with Gasteiger partial charge in [0.25, 0.3) is 0 Å². The fourth-order valence-corrected chi connectivity index (χ4v) is 4.68. The van der Waals surface area contributed by atoms with Crippen LogP contribution in [-0.2, 0) is 17.6 Å². The highest BCUT2D eigenvalue weighted by molar-refractivity contribution is 7.13. The predicted molar refractivity (Wildman–Crippen MR) is 119 cm³/mol. The van der Waals surface area contributed by atoms with Crippen molar-refractivity contribution in [1.82, 2.24) is 15.2 Å². The molecule has 1 saturated heterocycles. The standard InChI is InChI=1S/C24H27N3OS/c28-23(16-22-18-29-24(26-22)20-10-5-2-6-11-20)25-21-12-7-14-27(17-21)15-13-19-8-3-1-4-9-19/h1-6,8-11,18,21H,7,12-17H2,(H,25,28)/t21-/m1/s1. The van der Waals surface area contributed by atoms with Crippen molar-refractivity contribution in [2.24, 2.45) is 0 Å². The second-order valence-corrected chi connectivity index (χ2v) is 8.49. The van der Waals surface area contributed by atoms with Crippen molar-refractivity contribution in [2.75, 3.05) is 19.6 Å². The van der Waals surface area contributed by atoms with Gasteiger partial charge in [-0.3, -0.25) is 4.79 Å². The van der Waals surface area contributed by atoms with Crippen molar-refractivity contribution in [2.45, 2.75) is 31.7 Å². The third kappa shape index (κ3) is 5.75. The quantitative estimate of drug-likeness (QED) is 0.641. The maximum atomic E-state index is 12.5. The van der Waals surface area contributed by atoms with E-state index in [1.165, 1.54) is 5.56 Å². The molecule has 4 rings (SSSR count). The van der Waals surface area contributed by atoms with Crippen molar-refractivity contribution in [3.05, 3.63) is 77.3 Å². The maximum Gasteiger partial charge on any atom is 0.226 e. The molecule has 1 amide bonds. The molecule has 150 valence electrons. The van der Waals surface area contributed by atoms with Gasteiger partial charge in [0.05, 0.1) is 12.1 Å². The fourth-order valence-electron chi connectivity index (χ4n) is 3.85. The van der Waals surface area contributed by atoms with Crippen LogP contribution >= 0.6 is 11.3 Å². The number of piperidine rings is 1. The highest BCUT2D eigenvalue weighted by Crippen LogP contribution is 2.23. The average molecular weight is 406 g/mol. The minimum atomic E-state index is 0.0739. The molecular formula is C24H27N3OS. The van der Waals surface area contributed by atoms with Gasteiger partial charge >= 0.3 is 0 Å². The summed E-state index contributed by atoms with van der Waals surface area (Å²) in [6.07, 6.45) is 3.60. The Bertz CT molecular complexity index is 910. The number of aromatic nitrogens is 1. The fraction of sp³-hybridized carbons (Fsp3) is 0.333. The van der Waals surface area contributed by atoms with E-state index in [1.807, 2.05) is 23.6 Å². The Morgan fingerprint density at radius 2 is 1.86 bits per heavy atom. The molecule has 1 fully saturated rings. The van der Waals surface area contributed by atoms with Gasteiger partial charge in [0.15, 0.2) is 0 Å². The second-order valence-electron chi connectivity index (χ2n) is 7.63. The first-order chi connectivity index (χ1) is 14.3. The number of hydrogen-bond acceptors (Lipinski definition) is 4. The summed E-state index contributed by atoms with van der Waals surface area (Å²) in [5.41, 5.74) is 3.32. The van der Waals surface area contributed by atoms with E-state index in [9.17, 15) is 4.79 Å². The van der Waals surface area contributed by atoms with E-state index in [4.69, 9.17) is 0 Å². The number of thiazole rings is 1. The van der Waals surface area contributed by atoms with Gasteiger partial charge < -0.3 is 10.2 Å². The first-order valence-corrected chi connectivity index (χ1v) is 11.2. The SMILES string of the molecule is O=C(Cc1csc(-c2ccccc2)n1)N[C@@H]1CCCN(CCc2ccccc2)C1. The molecule has 4 nitrogen and oxygen atoms in total. The molecule has 1 aliphatic heterocycles. The third-order valence-corrected chi connectivity index (χ3v) is 6.28. The number of carbonyl (C=O) groups excluding carboxylic acids is 1. The molecule has 0 radical (unpaired) electrons. The molecule has 2 aromatic carbocycles. The minimum absolute atomic E-state index is 0.0739. The zero-order chi connectivity index (χ0) is 19.9. The molecule has 0 saturated carbocycles. The molecule has 3 aromatic rings. The molecule has 1 N–H and O–H groups in total. The Morgan fingerprint density at radius 3 is 2.66 bits per heavy atom. The van der Waals surface area contributed by atoms with Crippen molar-refractivity contribution >= 4 is 17.2 Å². The summed E-state index contributed by atoms with van der Waals surface area (Å²) in [6.45, 7) is 3.10. The third-order valence-electron chi connectivity index (χ3n) is 5.34. The van der Waals surface area contributed by atoms with Crippen molar-refractivity contribution in [1.29, 1.82) is 0 Å². The number of carbonyl (C=O) groups is 1. The second kappa shape index (κ2) is 9.81. The van der Waals surface area contributed by atoms with Crippen LogP contribution in [0.3, 0.4) is 0 Å². The zero-order valence-corrected chi connectivity index (χ0v) is 17.4. The van der Waals surface area contributed by atoms with Crippen LogP contribution in [0, 0.1) is 0 Å². The van der Waals surface area contributed by atoms with E-state index in [0.717, 1.165) is 55.2 Å². The van der Waals surface area contributed by atoms with Crippen molar-refractivity contribution in [3.8, 4) is 10.6 Å². The smallest absolute Gasteiger partial charge is 0.226 e. The zero-order valence-electron chi connectivity index (χ0n) is 16.6. The number of rotatable bonds is 7. The van der Waals surface area contributed by atoms with E-state index in [1.54, 1.807) is 11.3 Å². The van der Waals surface area contributed by atoms with Gasteiger partial charge in [0.2, 0.25) is 5.91 Å². The Morgan fingerprint density at radius 1 is 1.10 bits per heavy atom. The Labute approximate surface area is 176 Å². The number of hydrogen-bond donors (Lipinski definition) is 1. The highest BCUT2D eigenvalue weighted by Gasteiger charge is 2.21. The van der Waals surface area contributed by atoms with Crippen LogP contribution in [0.25, 0.3) is 10.6 Å². The van der Waals surface area contributed by atoms with E-state index in [-0.39, 0.29) is 11.9 Å². The van der Waals surface area contributed by atoms with Crippen LogP contribution < -0.4 is 5.32 Å². The number of amides is 1. The van der Waals surface area contributed by atoms with Gasteiger partial charge in [-0.15, -0.1) is 11.3 Å². The molecule has 0 aliphatic carbocycles. The first kappa shape index (κ1) is 19.8. The average Bonchev–Trinajstić information content (AvgIpc) is 3.22. The summed E-state index contributed by atoms with van der Waals surface area (Å²) >= 11 is 1.60. The lowest BCUT2D eigenvalue weighted by Crippen LogP contribution is -2.48. The number of benzene rings is 2. The van der Waals surface area contributed by atoms with Crippen LogP contribution in [0.5, 0.6) is 0 Å². The van der Waals surface area contributed by atoms with E-state index >= 15 is 0 Å². The molecule has 29 heavy (non-hydrogen) atoms. The number of nitrogens with one attached hydrogen (secondary N) is 1. The maximum absolute atomic E-state index is 12.5. The van der Waals surface area contributed by atoms with Crippen LogP contribution in [-0.4, -0.2) is 41.5 Å². The summed E-state index contributed by atoms with van der Waals surface area (Å²) in [6, 6.07) is 21.0. The first-order valence-electron chi connectivity index (χ1n) is 10.3. The normalized spacial score (nSPS) is 17.2. The molecule has 0 bridgehead atoms. The summed E-state index contributed by atoms with van der Waals surface area (Å²) in [5, 5.41) is 6.19. The molecule has 1 aromatic heterocycles. The number of nitrogens with zero attached hydrogens (tertiary/aromatic N) is 2. The van der Waals surface area contributed by atoms with Crippen LogP contribution in [0.2, 0.25) is 0 Å². The Balaban J connectivity index is 1.25. The van der Waals surface area contributed by atoms with Crippen LogP contribution in [0.1, 0.15) is 24.1 Å². The van der Waals surface area contributed by atoms with Crippen LogP contribution in [0.15, 0.2) is 66.0 Å². The Kier molecular flexibility index (Phi) is 6.70. The van der Waals surface area contributed by atoms with Crippen molar-refractivity contribution < 1.29 is 4.79 Å². The van der Waals surface area contributed by atoms with Gasteiger partial charge in [-0.25, -0.2) is 4.98 Å². The van der Waals surface area contributed by atoms with Gasteiger partial charge in [-0.05, 0) is 31.4 Å². The van der Waals surface area contributed by atoms with Gasteiger partial charge in [-0.2, -0.15) is 0 Å². The summed E-state index contributed by atoms with van der Waals surface area (Å²) in [5.74, 6) is 0.0739. The van der Waals surface area contributed by atoms with Crippen molar-refractivity contribution in [3.63, 3.8) is 0 Å². The van der Waals surface area contributed by atoms with E-state index < -0.39 is 0 Å². The lowest BCUT2D eigenvalue weighted by atomic mass is 10.0. The van der Waals surface area contributed by atoms with Gasteiger partial charge in [-0.1, -0.05) is 60.7 Å². The van der Waals surface area contributed by atoms with Gasteiger partial charge in [0.1, 0.15) is 5.01 Å². The lowest BCUT2D eigenvalue weighted by molar-refractivity contribution is -0.121.